The lowest BCUT2D eigenvalue weighted by molar-refractivity contribution is -0.160. The maximum Gasteiger partial charge on any atom is 0.306 e. The zero-order valence-electron chi connectivity index (χ0n) is 31.3. The Kier molecular flexibility index (Phi) is 35.0. The van der Waals surface area contributed by atoms with Crippen molar-refractivity contribution in [3.8, 4) is 0 Å². The summed E-state index contributed by atoms with van der Waals surface area (Å²) in [4.78, 5) is 24.8. The summed E-state index contributed by atoms with van der Waals surface area (Å²) in [5.41, 5.74) is 0. The first-order valence-electron chi connectivity index (χ1n) is 20.1. The average Bonchev–Trinajstić information content (AvgIpc) is 3.03. The smallest absolute Gasteiger partial charge is 0.306 e. The maximum absolute atomic E-state index is 12.5. The van der Waals surface area contributed by atoms with Crippen LogP contribution in [0.2, 0.25) is 0 Å². The Labute approximate surface area is 287 Å². The third kappa shape index (κ3) is 35.3. The minimum Gasteiger partial charge on any atom is -0.462 e. The summed E-state index contributed by atoms with van der Waals surface area (Å²) >= 11 is 0. The van der Waals surface area contributed by atoms with Crippen LogP contribution in [0.3, 0.4) is 0 Å². The van der Waals surface area contributed by atoms with Gasteiger partial charge in [-0.15, -0.1) is 0 Å². The SMILES string of the molecule is CCCCCCCC/C=C\CCCCCCCC(=O)OCC(CC(C)C)OC(=O)CCCCCCC/C=C\CCCCCCCC. The fourth-order valence-electron chi connectivity index (χ4n) is 5.86. The fraction of sp³-hybridized carbons (Fsp3) is 0.857. The van der Waals surface area contributed by atoms with Gasteiger partial charge in [0.15, 0.2) is 0 Å². The first kappa shape index (κ1) is 44.4. The summed E-state index contributed by atoms with van der Waals surface area (Å²) in [7, 11) is 0. The Balaban J connectivity index is 3.78. The summed E-state index contributed by atoms with van der Waals surface area (Å²) in [5, 5.41) is 0. The van der Waals surface area contributed by atoms with Crippen LogP contribution < -0.4 is 0 Å². The van der Waals surface area contributed by atoms with Crippen LogP contribution in [0.4, 0.5) is 0 Å². The van der Waals surface area contributed by atoms with E-state index in [0.29, 0.717) is 18.8 Å². The van der Waals surface area contributed by atoms with E-state index in [1.807, 2.05) is 0 Å². The molecule has 0 aliphatic heterocycles. The van der Waals surface area contributed by atoms with E-state index in [-0.39, 0.29) is 24.6 Å². The number of allylic oxidation sites excluding steroid dienone is 4. The van der Waals surface area contributed by atoms with E-state index in [4.69, 9.17) is 9.47 Å². The molecule has 4 heteroatoms. The van der Waals surface area contributed by atoms with Gasteiger partial charge in [0.05, 0.1) is 0 Å². The highest BCUT2D eigenvalue weighted by molar-refractivity contribution is 5.70. The lowest BCUT2D eigenvalue weighted by Crippen LogP contribution is -2.26. The van der Waals surface area contributed by atoms with E-state index in [1.54, 1.807) is 0 Å². The lowest BCUT2D eigenvalue weighted by atomic mass is 10.1. The molecule has 1 unspecified atom stereocenters. The van der Waals surface area contributed by atoms with Crippen molar-refractivity contribution >= 4 is 11.9 Å². The number of hydrogen-bond acceptors (Lipinski definition) is 4. The number of hydrogen-bond donors (Lipinski definition) is 0. The van der Waals surface area contributed by atoms with Gasteiger partial charge in [0.1, 0.15) is 12.7 Å². The highest BCUT2D eigenvalue weighted by Crippen LogP contribution is 2.15. The first-order valence-corrected chi connectivity index (χ1v) is 20.1. The molecule has 0 rings (SSSR count). The van der Waals surface area contributed by atoms with Gasteiger partial charge < -0.3 is 9.47 Å². The van der Waals surface area contributed by atoms with Crippen molar-refractivity contribution < 1.29 is 19.1 Å². The van der Waals surface area contributed by atoms with Gasteiger partial charge in [-0.25, -0.2) is 0 Å². The molecule has 0 aliphatic rings. The molecule has 0 aromatic rings. The van der Waals surface area contributed by atoms with E-state index in [2.05, 4.69) is 52.0 Å². The zero-order valence-corrected chi connectivity index (χ0v) is 31.3. The van der Waals surface area contributed by atoms with Gasteiger partial charge in [-0.05, 0) is 76.5 Å². The minimum absolute atomic E-state index is 0.156. The number of carbonyl (C=O) groups excluding carboxylic acids is 2. The van der Waals surface area contributed by atoms with Crippen LogP contribution in [0.5, 0.6) is 0 Å². The van der Waals surface area contributed by atoms with Crippen LogP contribution in [-0.2, 0) is 19.1 Å². The van der Waals surface area contributed by atoms with E-state index in [9.17, 15) is 9.59 Å². The molecule has 0 aromatic carbocycles. The van der Waals surface area contributed by atoms with Gasteiger partial charge in [0.2, 0.25) is 0 Å². The molecule has 0 amide bonds. The molecule has 270 valence electrons. The molecule has 46 heavy (non-hydrogen) atoms. The van der Waals surface area contributed by atoms with Crippen molar-refractivity contribution in [2.75, 3.05) is 6.61 Å². The second kappa shape index (κ2) is 36.3. The molecular formula is C42H78O4. The lowest BCUT2D eigenvalue weighted by Gasteiger charge is -2.20. The van der Waals surface area contributed by atoms with E-state index in [1.165, 1.54) is 141 Å². The molecule has 0 radical (unpaired) electrons. The Hall–Kier alpha value is -1.58. The summed E-state index contributed by atoms with van der Waals surface area (Å²) < 4.78 is 11.3. The van der Waals surface area contributed by atoms with Crippen molar-refractivity contribution in [3.63, 3.8) is 0 Å². The van der Waals surface area contributed by atoms with Gasteiger partial charge in [-0.2, -0.15) is 0 Å². The molecule has 0 spiro atoms. The largest absolute Gasteiger partial charge is 0.462 e. The van der Waals surface area contributed by atoms with Crippen LogP contribution >= 0.6 is 0 Å². The molecule has 0 fully saturated rings. The number of rotatable bonds is 35. The predicted molar refractivity (Wildman–Crippen MR) is 199 cm³/mol. The Morgan fingerprint density at radius 3 is 1.22 bits per heavy atom. The molecule has 0 bridgehead atoms. The number of carbonyl (C=O) groups is 2. The van der Waals surface area contributed by atoms with E-state index in [0.717, 1.165) is 32.1 Å². The number of unbranched alkanes of at least 4 members (excludes halogenated alkanes) is 22. The standard InChI is InChI=1S/C42H78O4/c1-5-7-9-11-13-15-17-19-21-23-25-27-29-31-33-35-41(43)45-38-40(37-39(3)4)46-42(44)36-34-32-30-28-26-24-22-20-18-16-14-12-10-8-6-2/h19-22,39-40H,5-18,23-38H2,1-4H3/b21-19-,22-20-. The van der Waals surface area contributed by atoms with Gasteiger partial charge in [0.25, 0.3) is 0 Å². The molecule has 1 atom stereocenters. The summed E-state index contributed by atoms with van der Waals surface area (Å²) in [6.45, 7) is 8.93. The number of esters is 2. The van der Waals surface area contributed by atoms with Crippen LogP contribution in [0.25, 0.3) is 0 Å². The Morgan fingerprint density at radius 1 is 0.478 bits per heavy atom. The second-order valence-electron chi connectivity index (χ2n) is 14.1. The summed E-state index contributed by atoms with van der Waals surface area (Å²) in [6.07, 6.45) is 43.0. The van der Waals surface area contributed by atoms with Crippen LogP contribution in [0.15, 0.2) is 24.3 Å². The van der Waals surface area contributed by atoms with Crippen molar-refractivity contribution in [3.05, 3.63) is 24.3 Å². The van der Waals surface area contributed by atoms with Crippen LogP contribution in [0.1, 0.15) is 214 Å². The highest BCUT2D eigenvalue weighted by Gasteiger charge is 2.18. The van der Waals surface area contributed by atoms with Gasteiger partial charge >= 0.3 is 11.9 Å². The minimum atomic E-state index is -0.339. The topological polar surface area (TPSA) is 52.6 Å². The van der Waals surface area contributed by atoms with Crippen molar-refractivity contribution in [2.24, 2.45) is 5.92 Å². The third-order valence-electron chi connectivity index (χ3n) is 8.75. The maximum atomic E-state index is 12.5. The average molecular weight is 647 g/mol. The first-order chi connectivity index (χ1) is 22.5. The summed E-state index contributed by atoms with van der Waals surface area (Å²) in [5.74, 6) is 0.0537. The Bertz CT molecular complexity index is 710. The van der Waals surface area contributed by atoms with Gasteiger partial charge in [0, 0.05) is 12.8 Å². The number of ether oxygens (including phenoxy) is 2. The molecule has 0 N–H and O–H groups in total. The second-order valence-corrected chi connectivity index (χ2v) is 14.1. The van der Waals surface area contributed by atoms with Gasteiger partial charge in [-0.3, -0.25) is 9.59 Å². The molecule has 0 saturated heterocycles. The molecule has 0 aromatic heterocycles. The Morgan fingerprint density at radius 2 is 0.826 bits per heavy atom. The van der Waals surface area contributed by atoms with Crippen molar-refractivity contribution in [1.29, 1.82) is 0 Å². The molecular weight excluding hydrogens is 568 g/mol. The van der Waals surface area contributed by atoms with Crippen molar-refractivity contribution in [1.82, 2.24) is 0 Å². The van der Waals surface area contributed by atoms with Gasteiger partial charge in [-0.1, -0.05) is 155 Å². The quantitative estimate of drug-likeness (QED) is 0.0390. The highest BCUT2D eigenvalue weighted by atomic mass is 16.6. The van der Waals surface area contributed by atoms with E-state index >= 15 is 0 Å². The predicted octanol–water partition coefficient (Wildman–Crippen LogP) is 13.6. The van der Waals surface area contributed by atoms with Crippen LogP contribution in [0, 0.1) is 5.92 Å². The summed E-state index contributed by atoms with van der Waals surface area (Å²) in [6, 6.07) is 0. The molecule has 4 nitrogen and oxygen atoms in total. The fourth-order valence-corrected chi connectivity index (χ4v) is 5.86. The van der Waals surface area contributed by atoms with Crippen LogP contribution in [-0.4, -0.2) is 24.6 Å². The monoisotopic (exact) mass is 647 g/mol. The zero-order chi connectivity index (χ0) is 33.8. The molecule has 0 saturated carbocycles. The van der Waals surface area contributed by atoms with Crippen molar-refractivity contribution in [2.45, 2.75) is 220 Å². The molecule has 0 aliphatic carbocycles. The van der Waals surface area contributed by atoms with E-state index < -0.39 is 0 Å². The normalized spacial score (nSPS) is 12.5. The molecule has 0 heterocycles. The third-order valence-corrected chi connectivity index (χ3v) is 8.75.